The number of rotatable bonds is 5. The maximum Gasteiger partial charge on any atom is 0.271 e. The van der Waals surface area contributed by atoms with Gasteiger partial charge in [-0.2, -0.15) is 0 Å². The highest BCUT2D eigenvalue weighted by Crippen LogP contribution is 2.35. The standard InChI is InChI=1S/C11H14ClN3O2/c12-9-5-8(15(16)17)3-4-10(9)14-11(6-13)7-1-2-7/h3-5,7,11,14H,1-2,6,13H2. The molecule has 1 aromatic rings. The Kier molecular flexibility index (Phi) is 3.49. The van der Waals surface area contributed by atoms with Gasteiger partial charge in [-0.15, -0.1) is 0 Å². The van der Waals surface area contributed by atoms with Gasteiger partial charge in [-0.25, -0.2) is 0 Å². The Morgan fingerprint density at radius 2 is 2.29 bits per heavy atom. The van der Waals surface area contributed by atoms with Gasteiger partial charge < -0.3 is 11.1 Å². The first kappa shape index (κ1) is 12.1. The zero-order valence-corrected chi connectivity index (χ0v) is 9.98. The highest BCUT2D eigenvalue weighted by molar-refractivity contribution is 6.33. The molecular weight excluding hydrogens is 242 g/mol. The number of nitrogens with two attached hydrogens (primary N) is 1. The molecular formula is C11H14ClN3O2. The number of benzene rings is 1. The number of halogens is 1. The summed E-state index contributed by atoms with van der Waals surface area (Å²) < 4.78 is 0. The third-order valence-corrected chi connectivity index (χ3v) is 3.26. The molecule has 2 rings (SSSR count). The maximum absolute atomic E-state index is 10.6. The second-order valence-corrected chi connectivity index (χ2v) is 4.65. The maximum atomic E-state index is 10.6. The fraction of sp³-hybridized carbons (Fsp3) is 0.455. The number of hydrogen-bond donors (Lipinski definition) is 2. The summed E-state index contributed by atoms with van der Waals surface area (Å²) in [6.45, 7) is 0.540. The summed E-state index contributed by atoms with van der Waals surface area (Å²) >= 11 is 5.99. The van der Waals surface area contributed by atoms with Gasteiger partial charge in [0.2, 0.25) is 0 Å². The average molecular weight is 256 g/mol. The minimum absolute atomic E-state index is 0.00345. The van der Waals surface area contributed by atoms with Crippen LogP contribution in [0.5, 0.6) is 0 Å². The van der Waals surface area contributed by atoms with Crippen molar-refractivity contribution in [1.29, 1.82) is 0 Å². The summed E-state index contributed by atoms with van der Waals surface area (Å²) in [7, 11) is 0. The monoisotopic (exact) mass is 255 g/mol. The minimum atomic E-state index is -0.461. The quantitative estimate of drug-likeness (QED) is 0.625. The second kappa shape index (κ2) is 4.89. The van der Waals surface area contributed by atoms with Crippen LogP contribution in [0.1, 0.15) is 12.8 Å². The Balaban J connectivity index is 2.12. The molecule has 17 heavy (non-hydrogen) atoms. The molecule has 0 saturated heterocycles. The van der Waals surface area contributed by atoms with Crippen molar-refractivity contribution in [1.82, 2.24) is 0 Å². The normalized spacial score (nSPS) is 16.6. The van der Waals surface area contributed by atoms with Gasteiger partial charge >= 0.3 is 0 Å². The predicted molar refractivity (Wildman–Crippen MR) is 67.3 cm³/mol. The highest BCUT2D eigenvalue weighted by Gasteiger charge is 2.30. The van der Waals surface area contributed by atoms with Crippen molar-refractivity contribution in [3.05, 3.63) is 33.3 Å². The topological polar surface area (TPSA) is 81.2 Å². The third-order valence-electron chi connectivity index (χ3n) is 2.95. The molecule has 0 aromatic heterocycles. The molecule has 0 amide bonds. The number of nitro benzene ring substituents is 1. The average Bonchev–Trinajstić information content (AvgIpc) is 3.11. The lowest BCUT2D eigenvalue weighted by Gasteiger charge is -2.18. The van der Waals surface area contributed by atoms with E-state index in [4.69, 9.17) is 17.3 Å². The van der Waals surface area contributed by atoms with E-state index in [2.05, 4.69) is 5.32 Å². The van der Waals surface area contributed by atoms with E-state index in [1.165, 1.54) is 25.0 Å². The molecule has 1 fully saturated rings. The van der Waals surface area contributed by atoms with Crippen molar-refractivity contribution in [2.24, 2.45) is 11.7 Å². The Morgan fingerprint density at radius 1 is 1.59 bits per heavy atom. The highest BCUT2D eigenvalue weighted by atomic mass is 35.5. The van der Waals surface area contributed by atoms with Crippen LogP contribution in [0.25, 0.3) is 0 Å². The molecule has 0 bridgehead atoms. The van der Waals surface area contributed by atoms with E-state index < -0.39 is 4.92 Å². The van der Waals surface area contributed by atoms with Crippen LogP contribution in [0.3, 0.4) is 0 Å². The molecule has 1 unspecified atom stereocenters. The van der Waals surface area contributed by atoms with Gasteiger partial charge in [0, 0.05) is 24.7 Å². The van der Waals surface area contributed by atoms with Crippen molar-refractivity contribution in [3.63, 3.8) is 0 Å². The third kappa shape index (κ3) is 2.87. The van der Waals surface area contributed by atoms with E-state index in [0.717, 1.165) is 0 Å². The van der Waals surface area contributed by atoms with Gasteiger partial charge in [-0.3, -0.25) is 10.1 Å². The largest absolute Gasteiger partial charge is 0.380 e. The lowest BCUT2D eigenvalue weighted by Crippen LogP contribution is -2.30. The molecule has 0 heterocycles. The molecule has 1 atom stereocenters. The zero-order chi connectivity index (χ0) is 12.4. The molecule has 1 aliphatic rings. The van der Waals surface area contributed by atoms with Gasteiger partial charge in [0.1, 0.15) is 0 Å². The Bertz CT molecular complexity index is 435. The Morgan fingerprint density at radius 3 is 2.76 bits per heavy atom. The van der Waals surface area contributed by atoms with Crippen molar-refractivity contribution in [2.45, 2.75) is 18.9 Å². The molecule has 1 aliphatic carbocycles. The predicted octanol–water partition coefficient (Wildman–Crippen LogP) is 2.40. The summed E-state index contributed by atoms with van der Waals surface area (Å²) in [5.74, 6) is 0.603. The zero-order valence-electron chi connectivity index (χ0n) is 9.23. The number of anilines is 1. The van der Waals surface area contributed by atoms with Gasteiger partial charge in [-0.05, 0) is 24.8 Å². The van der Waals surface area contributed by atoms with Crippen molar-refractivity contribution < 1.29 is 4.92 Å². The number of hydrogen-bond acceptors (Lipinski definition) is 4. The summed E-state index contributed by atoms with van der Waals surface area (Å²) in [6.07, 6.45) is 2.36. The summed E-state index contributed by atoms with van der Waals surface area (Å²) in [4.78, 5) is 10.1. The van der Waals surface area contributed by atoms with Gasteiger partial charge in [0.25, 0.3) is 5.69 Å². The van der Waals surface area contributed by atoms with Crippen LogP contribution < -0.4 is 11.1 Å². The number of non-ortho nitro benzene ring substituents is 1. The summed E-state index contributed by atoms with van der Waals surface area (Å²) in [5, 5.41) is 14.2. The number of nitro groups is 1. The molecule has 1 saturated carbocycles. The second-order valence-electron chi connectivity index (χ2n) is 4.25. The molecule has 3 N–H and O–H groups in total. The van der Waals surface area contributed by atoms with E-state index in [9.17, 15) is 10.1 Å². The van der Waals surface area contributed by atoms with Crippen molar-refractivity contribution in [3.8, 4) is 0 Å². The van der Waals surface area contributed by atoms with Gasteiger partial charge in [0.05, 0.1) is 15.6 Å². The first-order valence-corrected chi connectivity index (χ1v) is 5.90. The smallest absolute Gasteiger partial charge is 0.271 e. The molecule has 1 aromatic carbocycles. The van der Waals surface area contributed by atoms with Crippen LogP contribution in [-0.4, -0.2) is 17.5 Å². The molecule has 0 spiro atoms. The van der Waals surface area contributed by atoms with E-state index in [1.54, 1.807) is 6.07 Å². The minimum Gasteiger partial charge on any atom is -0.380 e. The van der Waals surface area contributed by atoms with E-state index in [-0.39, 0.29) is 11.7 Å². The Labute approximate surface area is 104 Å². The number of nitrogens with zero attached hydrogens (tertiary/aromatic N) is 1. The molecule has 0 aliphatic heterocycles. The van der Waals surface area contributed by atoms with Crippen LogP contribution in [0.2, 0.25) is 5.02 Å². The first-order valence-electron chi connectivity index (χ1n) is 5.52. The Hall–Kier alpha value is -1.33. The van der Waals surface area contributed by atoms with Crippen molar-refractivity contribution >= 4 is 23.0 Å². The van der Waals surface area contributed by atoms with Crippen LogP contribution in [0.15, 0.2) is 18.2 Å². The van der Waals surface area contributed by atoms with Crippen molar-refractivity contribution in [2.75, 3.05) is 11.9 Å². The SMILES string of the molecule is NCC(Nc1ccc([N+](=O)[O-])cc1Cl)C1CC1. The van der Waals surface area contributed by atoms with E-state index >= 15 is 0 Å². The van der Waals surface area contributed by atoms with Crippen LogP contribution in [0.4, 0.5) is 11.4 Å². The van der Waals surface area contributed by atoms with Crippen LogP contribution in [0, 0.1) is 16.0 Å². The summed E-state index contributed by atoms with van der Waals surface area (Å²) in [5.41, 5.74) is 6.38. The van der Waals surface area contributed by atoms with Crippen LogP contribution >= 0.6 is 11.6 Å². The number of nitrogens with one attached hydrogen (secondary N) is 1. The molecule has 5 nitrogen and oxygen atoms in total. The summed E-state index contributed by atoms with van der Waals surface area (Å²) in [6, 6.07) is 4.62. The molecule has 6 heteroatoms. The lowest BCUT2D eigenvalue weighted by atomic mass is 10.1. The van der Waals surface area contributed by atoms with Crippen LogP contribution in [-0.2, 0) is 0 Å². The van der Waals surface area contributed by atoms with E-state index in [0.29, 0.717) is 23.2 Å². The lowest BCUT2D eigenvalue weighted by molar-refractivity contribution is -0.384. The molecule has 0 radical (unpaired) electrons. The van der Waals surface area contributed by atoms with Gasteiger partial charge in [-0.1, -0.05) is 11.6 Å². The van der Waals surface area contributed by atoms with Gasteiger partial charge in [0.15, 0.2) is 0 Å². The first-order chi connectivity index (χ1) is 8.11. The molecule has 92 valence electrons. The van der Waals surface area contributed by atoms with E-state index in [1.807, 2.05) is 0 Å². The fourth-order valence-corrected chi connectivity index (χ4v) is 2.03. The fourth-order valence-electron chi connectivity index (χ4n) is 1.80.